The third-order valence-corrected chi connectivity index (χ3v) is 4.96. The summed E-state index contributed by atoms with van der Waals surface area (Å²) in [6, 6.07) is 8.49. The van der Waals surface area contributed by atoms with Gasteiger partial charge in [-0.2, -0.15) is 17.4 Å². The molecule has 0 radical (unpaired) electrons. The number of carbonyl (C=O) groups is 1. The second-order valence-electron chi connectivity index (χ2n) is 4.84. The van der Waals surface area contributed by atoms with Gasteiger partial charge in [0.2, 0.25) is 5.91 Å². The lowest BCUT2D eigenvalue weighted by atomic mass is 10.0. The molecule has 0 bridgehead atoms. The largest absolute Gasteiger partial charge is 0.368 e. The van der Waals surface area contributed by atoms with Crippen LogP contribution in [0.1, 0.15) is 24.8 Å². The minimum Gasteiger partial charge on any atom is -0.368 e. The number of rotatable bonds is 5. The average molecular weight is 297 g/mol. The predicted molar refractivity (Wildman–Crippen MR) is 75.7 cm³/mol. The van der Waals surface area contributed by atoms with Crippen LogP contribution in [0, 0.1) is 0 Å². The Balaban J connectivity index is 2.06. The first-order valence-electron chi connectivity index (χ1n) is 6.60. The van der Waals surface area contributed by atoms with E-state index in [2.05, 4.69) is 4.72 Å². The number of nitrogens with two attached hydrogens (primary N) is 1. The van der Waals surface area contributed by atoms with Gasteiger partial charge in [-0.15, -0.1) is 0 Å². The second kappa shape index (κ2) is 6.34. The molecule has 7 heteroatoms. The summed E-state index contributed by atoms with van der Waals surface area (Å²) in [5.74, 6) is -0.588. The molecule has 6 nitrogen and oxygen atoms in total. The standard InChI is InChI=1S/C13H19N3O3S/c14-13(17)12-8-4-5-9-16(12)20(18,19)15-10-11-6-2-1-3-7-11/h1-3,6-7,12,15H,4-5,8-10H2,(H2,14,17). The molecule has 1 aromatic carbocycles. The van der Waals surface area contributed by atoms with E-state index >= 15 is 0 Å². The van der Waals surface area contributed by atoms with Crippen molar-refractivity contribution < 1.29 is 13.2 Å². The molecule has 1 amide bonds. The van der Waals surface area contributed by atoms with Crippen LogP contribution in [-0.4, -0.2) is 31.2 Å². The Morgan fingerprint density at radius 2 is 2.00 bits per heavy atom. The van der Waals surface area contributed by atoms with Gasteiger partial charge in [-0.05, 0) is 18.4 Å². The Labute approximate surface area is 119 Å². The molecule has 1 saturated heterocycles. The van der Waals surface area contributed by atoms with Crippen molar-refractivity contribution in [3.63, 3.8) is 0 Å². The SMILES string of the molecule is NC(=O)C1CCCCN1S(=O)(=O)NCc1ccccc1. The molecule has 0 spiro atoms. The third kappa shape index (κ3) is 3.56. The summed E-state index contributed by atoms with van der Waals surface area (Å²) in [4.78, 5) is 11.4. The molecule has 1 heterocycles. The fraction of sp³-hybridized carbons (Fsp3) is 0.462. The van der Waals surface area contributed by atoms with Gasteiger partial charge in [-0.3, -0.25) is 4.79 Å². The number of piperidine rings is 1. The number of carbonyl (C=O) groups excluding carboxylic acids is 1. The Morgan fingerprint density at radius 1 is 1.30 bits per heavy atom. The van der Waals surface area contributed by atoms with Gasteiger partial charge in [0.15, 0.2) is 0 Å². The normalized spacial score (nSPS) is 20.7. The molecule has 20 heavy (non-hydrogen) atoms. The van der Waals surface area contributed by atoms with Gasteiger partial charge in [0.05, 0.1) is 0 Å². The Bertz CT molecular complexity index is 559. The zero-order valence-corrected chi connectivity index (χ0v) is 12.0. The first-order valence-corrected chi connectivity index (χ1v) is 8.04. The summed E-state index contributed by atoms with van der Waals surface area (Å²) in [7, 11) is -3.69. The molecule has 1 aromatic rings. The van der Waals surface area contributed by atoms with Crippen molar-refractivity contribution in [1.29, 1.82) is 0 Å². The minimum atomic E-state index is -3.69. The number of hydrogen-bond donors (Lipinski definition) is 2. The number of primary amides is 1. The van der Waals surface area contributed by atoms with Crippen LogP contribution >= 0.6 is 0 Å². The van der Waals surface area contributed by atoms with E-state index in [-0.39, 0.29) is 6.54 Å². The van der Waals surface area contributed by atoms with Crippen molar-refractivity contribution in [1.82, 2.24) is 9.03 Å². The Hall–Kier alpha value is -1.44. The molecule has 1 aliphatic heterocycles. The van der Waals surface area contributed by atoms with Crippen LogP contribution in [0.2, 0.25) is 0 Å². The fourth-order valence-electron chi connectivity index (χ4n) is 2.33. The first-order chi connectivity index (χ1) is 9.50. The lowest BCUT2D eigenvalue weighted by Gasteiger charge is -2.32. The van der Waals surface area contributed by atoms with Crippen molar-refractivity contribution >= 4 is 16.1 Å². The molecular formula is C13H19N3O3S. The van der Waals surface area contributed by atoms with E-state index in [0.29, 0.717) is 13.0 Å². The van der Waals surface area contributed by atoms with Gasteiger partial charge in [-0.1, -0.05) is 36.8 Å². The van der Waals surface area contributed by atoms with Crippen LogP contribution in [0.25, 0.3) is 0 Å². The van der Waals surface area contributed by atoms with E-state index in [0.717, 1.165) is 18.4 Å². The van der Waals surface area contributed by atoms with E-state index in [1.54, 1.807) is 0 Å². The summed E-state index contributed by atoms with van der Waals surface area (Å²) in [6.07, 6.45) is 2.05. The summed E-state index contributed by atoms with van der Waals surface area (Å²) < 4.78 is 28.3. The molecule has 0 aromatic heterocycles. The monoisotopic (exact) mass is 297 g/mol. The summed E-state index contributed by atoms with van der Waals surface area (Å²) in [5, 5.41) is 0. The molecule has 3 N–H and O–H groups in total. The van der Waals surface area contributed by atoms with Crippen molar-refractivity contribution in [3.05, 3.63) is 35.9 Å². The van der Waals surface area contributed by atoms with Gasteiger partial charge in [-0.25, -0.2) is 0 Å². The quantitative estimate of drug-likeness (QED) is 0.822. The number of nitrogens with one attached hydrogen (secondary N) is 1. The average Bonchev–Trinajstić information content (AvgIpc) is 2.46. The highest BCUT2D eigenvalue weighted by atomic mass is 32.2. The lowest BCUT2D eigenvalue weighted by molar-refractivity contribution is -0.122. The number of benzene rings is 1. The molecule has 2 rings (SSSR count). The van der Waals surface area contributed by atoms with E-state index < -0.39 is 22.2 Å². The maximum Gasteiger partial charge on any atom is 0.280 e. The van der Waals surface area contributed by atoms with Gasteiger partial charge < -0.3 is 5.73 Å². The molecule has 1 unspecified atom stereocenters. The molecule has 110 valence electrons. The highest BCUT2D eigenvalue weighted by molar-refractivity contribution is 7.87. The summed E-state index contributed by atoms with van der Waals surface area (Å²) in [5.41, 5.74) is 6.15. The van der Waals surface area contributed by atoms with Crippen LogP contribution in [0.15, 0.2) is 30.3 Å². The van der Waals surface area contributed by atoms with Gasteiger partial charge >= 0.3 is 0 Å². The number of hydrogen-bond acceptors (Lipinski definition) is 3. The molecular weight excluding hydrogens is 278 g/mol. The first kappa shape index (κ1) is 15.0. The maximum atomic E-state index is 12.3. The van der Waals surface area contributed by atoms with Crippen molar-refractivity contribution in [2.24, 2.45) is 5.73 Å². The molecule has 1 atom stereocenters. The van der Waals surface area contributed by atoms with Crippen LogP contribution in [0.4, 0.5) is 0 Å². The molecule has 0 saturated carbocycles. The van der Waals surface area contributed by atoms with Crippen LogP contribution in [0.3, 0.4) is 0 Å². The molecule has 1 fully saturated rings. The van der Waals surface area contributed by atoms with E-state index in [4.69, 9.17) is 5.73 Å². The number of nitrogens with zero attached hydrogens (tertiary/aromatic N) is 1. The number of amides is 1. The summed E-state index contributed by atoms with van der Waals surface area (Å²) in [6.45, 7) is 0.531. The Morgan fingerprint density at radius 3 is 2.65 bits per heavy atom. The van der Waals surface area contributed by atoms with Crippen LogP contribution in [-0.2, 0) is 21.5 Å². The highest BCUT2D eigenvalue weighted by Crippen LogP contribution is 2.19. The highest BCUT2D eigenvalue weighted by Gasteiger charge is 2.35. The molecule has 0 aliphatic carbocycles. The predicted octanol–water partition coefficient (Wildman–Crippen LogP) is 0.361. The fourth-order valence-corrected chi connectivity index (χ4v) is 3.76. The zero-order chi connectivity index (χ0) is 14.6. The molecule has 1 aliphatic rings. The zero-order valence-electron chi connectivity index (χ0n) is 11.2. The van der Waals surface area contributed by atoms with Crippen molar-refractivity contribution in [3.8, 4) is 0 Å². The van der Waals surface area contributed by atoms with E-state index in [9.17, 15) is 13.2 Å². The van der Waals surface area contributed by atoms with Gasteiger partial charge in [0.1, 0.15) is 6.04 Å². The Kier molecular flexibility index (Phi) is 4.74. The van der Waals surface area contributed by atoms with Crippen molar-refractivity contribution in [2.75, 3.05) is 6.54 Å². The minimum absolute atomic E-state index is 0.200. The summed E-state index contributed by atoms with van der Waals surface area (Å²) >= 11 is 0. The van der Waals surface area contributed by atoms with Gasteiger partial charge in [0, 0.05) is 13.1 Å². The van der Waals surface area contributed by atoms with Crippen LogP contribution in [0.5, 0.6) is 0 Å². The third-order valence-electron chi connectivity index (χ3n) is 3.39. The lowest BCUT2D eigenvalue weighted by Crippen LogP contribution is -2.53. The maximum absolute atomic E-state index is 12.3. The van der Waals surface area contributed by atoms with E-state index in [1.165, 1.54) is 4.31 Å². The van der Waals surface area contributed by atoms with Gasteiger partial charge in [0.25, 0.3) is 10.2 Å². The smallest absolute Gasteiger partial charge is 0.280 e. The van der Waals surface area contributed by atoms with Crippen LogP contribution < -0.4 is 10.5 Å². The second-order valence-corrected chi connectivity index (χ2v) is 6.54. The van der Waals surface area contributed by atoms with E-state index in [1.807, 2.05) is 30.3 Å². The van der Waals surface area contributed by atoms with Crippen molar-refractivity contribution in [2.45, 2.75) is 31.8 Å². The topological polar surface area (TPSA) is 92.5 Å².